The van der Waals surface area contributed by atoms with E-state index < -0.39 is 46.8 Å². The molecule has 0 fully saturated rings. The third-order valence-corrected chi connectivity index (χ3v) is 0.953. The van der Waals surface area contributed by atoms with Crippen LogP contribution in [0.15, 0.2) is 0 Å². The summed E-state index contributed by atoms with van der Waals surface area (Å²) in [5, 5.41) is 33.4. The SMILES string of the molecule is O=[N+]([O-])OCCO[N+](=O)[O-].O=[N+]([O-])OCCO[N+](=O)[O-].[H-].[H-].[Na+].[Na+]. The van der Waals surface area contributed by atoms with Gasteiger partial charge in [-0.05, 0) is 0 Å². The molecule has 0 bridgehead atoms. The van der Waals surface area contributed by atoms with E-state index in [4.69, 9.17) is 0 Å². The first-order chi connectivity index (χ1) is 9.25. The molecular weight excluding hydrogens is 342 g/mol. The van der Waals surface area contributed by atoms with Crippen LogP contribution in [0, 0.1) is 40.5 Å². The van der Waals surface area contributed by atoms with Crippen LogP contribution >= 0.6 is 0 Å². The number of hydrogen-bond donors (Lipinski definition) is 0. The Morgan fingerprint density at radius 3 is 0.773 bits per heavy atom. The van der Waals surface area contributed by atoms with Gasteiger partial charge in [0.2, 0.25) is 0 Å². The first-order valence-electron chi connectivity index (χ1n) is 4.35. The molecule has 0 aromatic heterocycles. The first-order valence-corrected chi connectivity index (χ1v) is 4.35. The third kappa shape index (κ3) is 36.4. The Morgan fingerprint density at radius 2 is 0.682 bits per heavy atom. The molecule has 0 aromatic rings. The summed E-state index contributed by atoms with van der Waals surface area (Å²) in [4.78, 5) is 52.3. The molecule has 0 saturated carbocycles. The smallest absolute Gasteiger partial charge is 1.00 e. The molecule has 0 aliphatic rings. The fourth-order valence-corrected chi connectivity index (χ4v) is 0.447. The van der Waals surface area contributed by atoms with E-state index in [0.717, 1.165) is 0 Å². The van der Waals surface area contributed by atoms with Crippen LogP contribution < -0.4 is 59.1 Å². The standard InChI is InChI=1S/2C2H4N2O6.2Na.2H/c2*5-3(6)9-1-2-10-4(7)8;;;;/h2*1-2H2;;;;/q;;2*+1;2*-1. The van der Waals surface area contributed by atoms with Gasteiger partial charge >= 0.3 is 59.1 Å². The number of hydrogen-bond acceptors (Lipinski definition) is 12. The molecule has 120 valence electrons. The van der Waals surface area contributed by atoms with Gasteiger partial charge in [0.15, 0.2) is 0 Å². The summed E-state index contributed by atoms with van der Waals surface area (Å²) in [5.74, 6) is 0. The largest absolute Gasteiger partial charge is 1.00 e. The second kappa shape index (κ2) is 19.8. The van der Waals surface area contributed by atoms with Crippen LogP contribution in [0.4, 0.5) is 0 Å². The van der Waals surface area contributed by atoms with E-state index in [-0.39, 0.29) is 62.0 Å². The second-order valence-corrected chi connectivity index (χ2v) is 2.23. The minimum atomic E-state index is -1.05. The molecule has 0 radical (unpaired) electrons. The van der Waals surface area contributed by atoms with Crippen molar-refractivity contribution in [2.24, 2.45) is 0 Å². The Morgan fingerprint density at radius 1 is 0.545 bits per heavy atom. The molecule has 22 heavy (non-hydrogen) atoms. The van der Waals surface area contributed by atoms with Gasteiger partial charge in [-0.25, -0.2) is 0 Å². The summed E-state index contributed by atoms with van der Waals surface area (Å²) >= 11 is 0. The average Bonchev–Trinajstić information content (AvgIpc) is 2.30. The second-order valence-electron chi connectivity index (χ2n) is 2.23. The van der Waals surface area contributed by atoms with Gasteiger partial charge in [0.1, 0.15) is 26.4 Å². The molecule has 0 aliphatic carbocycles. The molecule has 16 nitrogen and oxygen atoms in total. The van der Waals surface area contributed by atoms with Crippen LogP contribution in [0.5, 0.6) is 0 Å². The third-order valence-electron chi connectivity index (χ3n) is 0.953. The summed E-state index contributed by atoms with van der Waals surface area (Å²) in [6, 6.07) is 0. The van der Waals surface area contributed by atoms with Crippen molar-refractivity contribution in [3.63, 3.8) is 0 Å². The van der Waals surface area contributed by atoms with Crippen LogP contribution in [-0.2, 0) is 19.4 Å². The number of nitrogens with zero attached hydrogens (tertiary/aromatic N) is 4. The van der Waals surface area contributed by atoms with E-state index in [9.17, 15) is 40.5 Å². The quantitative estimate of drug-likeness (QED) is 0.155. The molecule has 18 heteroatoms. The van der Waals surface area contributed by atoms with E-state index in [1.54, 1.807) is 0 Å². The molecule has 0 unspecified atom stereocenters. The van der Waals surface area contributed by atoms with Gasteiger partial charge in [-0.1, -0.05) is 0 Å². The molecule has 0 amide bonds. The van der Waals surface area contributed by atoms with E-state index in [2.05, 4.69) is 19.4 Å². The van der Waals surface area contributed by atoms with E-state index in [1.165, 1.54) is 0 Å². The van der Waals surface area contributed by atoms with Crippen molar-refractivity contribution in [2.45, 2.75) is 0 Å². The molecule has 0 rings (SSSR count). The molecule has 0 saturated heterocycles. The van der Waals surface area contributed by atoms with Gasteiger partial charge in [-0.15, -0.1) is 40.5 Å². The minimum Gasteiger partial charge on any atom is -1.00 e. The van der Waals surface area contributed by atoms with Crippen molar-refractivity contribution in [2.75, 3.05) is 26.4 Å². The summed E-state index contributed by atoms with van der Waals surface area (Å²) in [6.45, 7) is -1.75. The molecule has 0 aliphatic heterocycles. The van der Waals surface area contributed by atoms with Crippen molar-refractivity contribution in [1.29, 1.82) is 0 Å². The molecule has 0 atom stereocenters. The van der Waals surface area contributed by atoms with Gasteiger partial charge in [0.25, 0.3) is 20.3 Å². The van der Waals surface area contributed by atoms with Crippen molar-refractivity contribution >= 4 is 0 Å². The summed E-state index contributed by atoms with van der Waals surface area (Å²) in [7, 11) is 0. The van der Waals surface area contributed by atoms with Gasteiger partial charge < -0.3 is 22.2 Å². The Labute approximate surface area is 168 Å². The predicted octanol–water partition coefficient (Wildman–Crippen LogP) is -6.96. The predicted molar refractivity (Wildman–Crippen MR) is 54.0 cm³/mol. The molecule has 0 aromatic carbocycles. The Kier molecular flexibility index (Phi) is 26.0. The van der Waals surface area contributed by atoms with Crippen LogP contribution in [0.2, 0.25) is 0 Å². The van der Waals surface area contributed by atoms with Gasteiger partial charge in [-0.2, -0.15) is 0 Å². The molecule has 0 N–H and O–H groups in total. The van der Waals surface area contributed by atoms with Gasteiger partial charge in [-0.3, -0.25) is 0 Å². The van der Waals surface area contributed by atoms with E-state index >= 15 is 0 Å². The maximum atomic E-state index is 9.40. The van der Waals surface area contributed by atoms with Gasteiger partial charge in [0.05, 0.1) is 0 Å². The summed E-state index contributed by atoms with van der Waals surface area (Å²) < 4.78 is 0. The molecular formula is C4H10N4Na2O12. The Hall–Kier alpha value is -1.20. The van der Waals surface area contributed by atoms with E-state index in [0.29, 0.717) is 0 Å². The van der Waals surface area contributed by atoms with Crippen LogP contribution in [-0.4, -0.2) is 46.8 Å². The average molecular weight is 352 g/mol. The minimum absolute atomic E-state index is 0. The van der Waals surface area contributed by atoms with Crippen molar-refractivity contribution in [1.82, 2.24) is 0 Å². The van der Waals surface area contributed by atoms with Crippen molar-refractivity contribution in [3.05, 3.63) is 40.5 Å². The molecule has 0 heterocycles. The van der Waals surface area contributed by atoms with Crippen LogP contribution in [0.3, 0.4) is 0 Å². The normalized spacial score (nSPS) is 7.64. The van der Waals surface area contributed by atoms with Crippen molar-refractivity contribution < 1.29 is 102 Å². The first kappa shape index (κ1) is 28.9. The maximum Gasteiger partial charge on any atom is 1.00 e. The zero-order valence-electron chi connectivity index (χ0n) is 13.5. The zero-order valence-corrected chi connectivity index (χ0v) is 15.5. The van der Waals surface area contributed by atoms with Crippen molar-refractivity contribution in [3.8, 4) is 0 Å². The fraction of sp³-hybridized carbons (Fsp3) is 1.00. The monoisotopic (exact) mass is 352 g/mol. The van der Waals surface area contributed by atoms with Crippen LogP contribution in [0.25, 0.3) is 0 Å². The zero-order chi connectivity index (χ0) is 16.0. The topological polar surface area (TPSA) is 209 Å². The van der Waals surface area contributed by atoms with Crippen LogP contribution in [0.1, 0.15) is 2.85 Å². The Bertz CT molecular complexity index is 287. The molecule has 0 spiro atoms. The summed E-state index contributed by atoms with van der Waals surface area (Å²) in [6.07, 6.45) is 0. The fourth-order valence-electron chi connectivity index (χ4n) is 0.447. The van der Waals surface area contributed by atoms with E-state index in [1.807, 2.05) is 0 Å². The maximum absolute atomic E-state index is 9.40. The number of rotatable bonds is 10. The summed E-state index contributed by atoms with van der Waals surface area (Å²) in [5.41, 5.74) is 0. The van der Waals surface area contributed by atoms with Gasteiger partial charge in [0, 0.05) is 0 Å². The Balaban J connectivity index is -0.0000000579.